The van der Waals surface area contributed by atoms with Crippen LogP contribution in [-0.2, 0) is 4.79 Å². The van der Waals surface area contributed by atoms with Crippen molar-refractivity contribution in [3.05, 3.63) is 29.3 Å². The van der Waals surface area contributed by atoms with Crippen molar-refractivity contribution in [2.45, 2.75) is 39.7 Å². The molecule has 1 aliphatic rings. The molecule has 0 spiro atoms. The Morgan fingerprint density at radius 3 is 2.86 bits per heavy atom. The van der Waals surface area contributed by atoms with Gasteiger partial charge in [-0.3, -0.25) is 4.79 Å². The Labute approximate surface area is 127 Å². The summed E-state index contributed by atoms with van der Waals surface area (Å²) in [5, 5.41) is 3.42. The third-order valence-electron chi connectivity index (χ3n) is 4.12. The predicted octanol–water partition coefficient (Wildman–Crippen LogP) is 2.67. The zero-order valence-corrected chi connectivity index (χ0v) is 13.3. The van der Waals surface area contributed by atoms with Crippen LogP contribution in [0, 0.1) is 6.92 Å². The molecule has 0 saturated heterocycles. The summed E-state index contributed by atoms with van der Waals surface area (Å²) < 4.78 is 5.87. The van der Waals surface area contributed by atoms with Crippen LogP contribution in [0.5, 0.6) is 5.75 Å². The summed E-state index contributed by atoms with van der Waals surface area (Å²) in [5.41, 5.74) is 2.34. The first-order valence-corrected chi connectivity index (χ1v) is 7.90. The Hall–Kier alpha value is -1.55. The van der Waals surface area contributed by atoms with Crippen molar-refractivity contribution in [3.8, 4) is 5.75 Å². The van der Waals surface area contributed by atoms with Crippen LogP contribution >= 0.6 is 0 Å². The first-order valence-electron chi connectivity index (χ1n) is 7.90. The Morgan fingerprint density at radius 1 is 1.38 bits per heavy atom. The Bertz CT molecular complexity index is 484. The molecule has 0 aliphatic carbocycles. The lowest BCUT2D eigenvalue weighted by molar-refractivity contribution is -0.130. The molecule has 1 unspecified atom stereocenters. The molecular formula is C17H26N2O2. The molecule has 1 aromatic rings. The molecule has 0 aromatic heterocycles. The molecular weight excluding hydrogens is 264 g/mol. The van der Waals surface area contributed by atoms with Gasteiger partial charge >= 0.3 is 0 Å². The molecule has 4 nitrogen and oxygen atoms in total. The van der Waals surface area contributed by atoms with E-state index in [1.54, 1.807) is 0 Å². The van der Waals surface area contributed by atoms with E-state index in [4.69, 9.17) is 4.74 Å². The molecule has 116 valence electrons. The number of carbonyl (C=O) groups is 1. The van der Waals surface area contributed by atoms with Crippen LogP contribution in [0.2, 0.25) is 0 Å². The molecule has 1 atom stereocenters. The molecule has 0 saturated carbocycles. The van der Waals surface area contributed by atoms with Crippen LogP contribution in [0.25, 0.3) is 0 Å². The van der Waals surface area contributed by atoms with E-state index >= 15 is 0 Å². The Morgan fingerprint density at radius 2 is 2.14 bits per heavy atom. The van der Waals surface area contributed by atoms with Crippen molar-refractivity contribution in [3.63, 3.8) is 0 Å². The zero-order valence-electron chi connectivity index (χ0n) is 13.3. The number of aryl methyl sites for hydroxylation is 1. The average molecular weight is 290 g/mol. The lowest BCUT2D eigenvalue weighted by Gasteiger charge is -2.23. The third kappa shape index (κ3) is 3.76. The number of hydrogen-bond acceptors (Lipinski definition) is 3. The van der Waals surface area contributed by atoms with Crippen molar-refractivity contribution < 1.29 is 9.53 Å². The van der Waals surface area contributed by atoms with Gasteiger partial charge in [0.2, 0.25) is 5.91 Å². The van der Waals surface area contributed by atoms with Gasteiger partial charge in [0.05, 0.1) is 13.2 Å². The fourth-order valence-corrected chi connectivity index (χ4v) is 2.87. The largest absolute Gasteiger partial charge is 0.493 e. The number of amides is 1. The Kier molecular flexibility index (Phi) is 5.62. The van der Waals surface area contributed by atoms with Gasteiger partial charge in [0, 0.05) is 24.7 Å². The second-order valence-corrected chi connectivity index (χ2v) is 5.48. The van der Waals surface area contributed by atoms with E-state index in [-0.39, 0.29) is 11.9 Å². The first kappa shape index (κ1) is 15.8. The van der Waals surface area contributed by atoms with E-state index in [9.17, 15) is 4.79 Å². The third-order valence-corrected chi connectivity index (χ3v) is 4.12. The SMILES string of the molecule is CCN(CC)C(=O)CNC1CCCOc2c(C)cccc21. The molecule has 0 bridgehead atoms. The second kappa shape index (κ2) is 7.46. The first-order chi connectivity index (χ1) is 10.2. The number of nitrogens with one attached hydrogen (secondary N) is 1. The van der Waals surface area contributed by atoms with Crippen molar-refractivity contribution in [1.82, 2.24) is 10.2 Å². The number of fused-ring (bicyclic) bond motifs is 1. The lowest BCUT2D eigenvalue weighted by atomic mass is 10.00. The molecule has 1 heterocycles. The van der Waals surface area contributed by atoms with Crippen molar-refractivity contribution in [2.75, 3.05) is 26.2 Å². The lowest BCUT2D eigenvalue weighted by Crippen LogP contribution is -2.39. The number of rotatable bonds is 5. The molecule has 4 heteroatoms. The zero-order chi connectivity index (χ0) is 15.2. The molecule has 1 aromatic carbocycles. The van der Waals surface area contributed by atoms with Crippen LogP contribution in [0.4, 0.5) is 0 Å². The number of nitrogens with zero attached hydrogens (tertiary/aromatic N) is 1. The number of hydrogen-bond donors (Lipinski definition) is 1. The van der Waals surface area contributed by atoms with Crippen LogP contribution < -0.4 is 10.1 Å². The van der Waals surface area contributed by atoms with Gasteiger partial charge in [0.25, 0.3) is 0 Å². The maximum absolute atomic E-state index is 12.1. The normalized spacial score (nSPS) is 17.6. The van der Waals surface area contributed by atoms with E-state index in [1.165, 1.54) is 5.56 Å². The van der Waals surface area contributed by atoms with Gasteiger partial charge in [-0.15, -0.1) is 0 Å². The highest BCUT2D eigenvalue weighted by Gasteiger charge is 2.21. The minimum Gasteiger partial charge on any atom is -0.493 e. The topological polar surface area (TPSA) is 41.6 Å². The molecule has 21 heavy (non-hydrogen) atoms. The van der Waals surface area contributed by atoms with E-state index in [0.29, 0.717) is 6.54 Å². The van der Waals surface area contributed by atoms with Gasteiger partial charge < -0.3 is 15.0 Å². The fraction of sp³-hybridized carbons (Fsp3) is 0.588. The van der Waals surface area contributed by atoms with Gasteiger partial charge in [-0.05, 0) is 39.2 Å². The smallest absolute Gasteiger partial charge is 0.236 e. The van der Waals surface area contributed by atoms with E-state index in [0.717, 1.165) is 43.9 Å². The Balaban J connectivity index is 2.07. The van der Waals surface area contributed by atoms with Crippen LogP contribution in [-0.4, -0.2) is 37.0 Å². The summed E-state index contributed by atoms with van der Waals surface area (Å²) in [5.74, 6) is 1.15. The average Bonchev–Trinajstić information content (AvgIpc) is 2.70. The number of carbonyl (C=O) groups excluding carboxylic acids is 1. The highest BCUT2D eigenvalue weighted by atomic mass is 16.5. The van der Waals surface area contributed by atoms with E-state index in [1.807, 2.05) is 18.7 Å². The minimum atomic E-state index is 0.166. The number of benzene rings is 1. The van der Waals surface area contributed by atoms with Gasteiger partial charge in [0.1, 0.15) is 5.75 Å². The summed E-state index contributed by atoms with van der Waals surface area (Å²) >= 11 is 0. The summed E-state index contributed by atoms with van der Waals surface area (Å²) in [7, 11) is 0. The van der Waals surface area contributed by atoms with Crippen LogP contribution in [0.3, 0.4) is 0 Å². The van der Waals surface area contributed by atoms with Crippen molar-refractivity contribution in [1.29, 1.82) is 0 Å². The van der Waals surface area contributed by atoms with Crippen molar-refractivity contribution in [2.24, 2.45) is 0 Å². The summed E-state index contributed by atoms with van der Waals surface area (Å²) in [6.45, 7) is 8.77. The van der Waals surface area contributed by atoms with E-state index in [2.05, 4.69) is 30.4 Å². The van der Waals surface area contributed by atoms with Crippen molar-refractivity contribution >= 4 is 5.91 Å². The predicted molar refractivity (Wildman–Crippen MR) is 84.6 cm³/mol. The second-order valence-electron chi connectivity index (χ2n) is 5.48. The monoisotopic (exact) mass is 290 g/mol. The standard InChI is InChI=1S/C17H26N2O2/c1-4-19(5-2)16(20)12-18-15-10-7-11-21-17-13(3)8-6-9-14(15)17/h6,8-9,15,18H,4-5,7,10-12H2,1-3H3. The van der Waals surface area contributed by atoms with Gasteiger partial charge in [-0.25, -0.2) is 0 Å². The minimum absolute atomic E-state index is 0.166. The number of likely N-dealkylation sites (N-methyl/N-ethyl adjacent to an activating group) is 1. The van der Waals surface area contributed by atoms with E-state index < -0.39 is 0 Å². The fourth-order valence-electron chi connectivity index (χ4n) is 2.87. The molecule has 2 rings (SSSR count). The highest BCUT2D eigenvalue weighted by molar-refractivity contribution is 5.78. The van der Waals surface area contributed by atoms with Gasteiger partial charge in [0.15, 0.2) is 0 Å². The van der Waals surface area contributed by atoms with Crippen LogP contribution in [0.15, 0.2) is 18.2 Å². The van der Waals surface area contributed by atoms with Gasteiger partial charge in [-0.1, -0.05) is 18.2 Å². The van der Waals surface area contributed by atoms with Gasteiger partial charge in [-0.2, -0.15) is 0 Å². The quantitative estimate of drug-likeness (QED) is 0.906. The molecule has 0 fully saturated rings. The molecule has 0 radical (unpaired) electrons. The maximum atomic E-state index is 12.1. The highest BCUT2D eigenvalue weighted by Crippen LogP contribution is 2.33. The molecule has 1 aliphatic heterocycles. The summed E-state index contributed by atoms with van der Waals surface area (Å²) in [4.78, 5) is 14.0. The summed E-state index contributed by atoms with van der Waals surface area (Å²) in [6.07, 6.45) is 2.01. The van der Waals surface area contributed by atoms with Crippen LogP contribution in [0.1, 0.15) is 43.9 Å². The summed E-state index contributed by atoms with van der Waals surface area (Å²) in [6, 6.07) is 6.43. The molecule has 1 N–H and O–H groups in total. The number of para-hydroxylation sites is 1. The maximum Gasteiger partial charge on any atom is 0.236 e. The molecule has 1 amide bonds. The number of ether oxygens (including phenoxy) is 1.